The number of carbonyl (C=O) groups excluding carboxylic acids is 1. The number of Topliss-reactive ketones (excluding diaryl/α,β-unsaturated/α-hetero) is 1. The number of nitroso groups, excluding NO2 is 1. The molecule has 1 aromatic carbocycles. The van der Waals surface area contributed by atoms with Crippen LogP contribution in [0.15, 0.2) is 17.3 Å². The Bertz CT molecular complexity index is 426. The largest absolute Gasteiger partial charge is 0.494 e. The van der Waals surface area contributed by atoms with Crippen LogP contribution in [0.2, 0.25) is 0 Å². The number of hydrogen-bond donors (Lipinski definition) is 0. The molecular weight excluding hydrogens is 194 g/mol. The van der Waals surface area contributed by atoms with E-state index in [0.717, 1.165) is 18.4 Å². The van der Waals surface area contributed by atoms with Gasteiger partial charge in [0.25, 0.3) is 0 Å². The summed E-state index contributed by atoms with van der Waals surface area (Å²) in [6.07, 6.45) is 2.16. The average Bonchev–Trinajstić information content (AvgIpc) is 2.28. The zero-order valence-corrected chi connectivity index (χ0v) is 8.45. The van der Waals surface area contributed by atoms with Gasteiger partial charge >= 0.3 is 0 Å². The summed E-state index contributed by atoms with van der Waals surface area (Å²) in [4.78, 5) is 22.4. The Hall–Kier alpha value is -1.71. The molecule has 1 aromatic rings. The Labute approximate surface area is 87.2 Å². The lowest BCUT2D eigenvalue weighted by Gasteiger charge is -2.16. The number of benzene rings is 1. The molecule has 4 nitrogen and oxygen atoms in total. The van der Waals surface area contributed by atoms with Crippen LogP contribution < -0.4 is 4.74 Å². The van der Waals surface area contributed by atoms with Crippen molar-refractivity contribution < 1.29 is 9.53 Å². The number of hydrogen-bond acceptors (Lipinski definition) is 4. The number of aryl methyl sites for hydroxylation is 1. The van der Waals surface area contributed by atoms with Gasteiger partial charge in [0.2, 0.25) is 0 Å². The highest BCUT2D eigenvalue weighted by atomic mass is 16.5. The molecule has 0 atom stereocenters. The zero-order valence-electron chi connectivity index (χ0n) is 8.45. The van der Waals surface area contributed by atoms with Crippen molar-refractivity contribution in [3.8, 4) is 5.75 Å². The predicted octanol–water partition coefficient (Wildman–Crippen LogP) is 2.61. The van der Waals surface area contributed by atoms with Crippen molar-refractivity contribution in [2.45, 2.75) is 19.3 Å². The summed E-state index contributed by atoms with van der Waals surface area (Å²) in [6, 6.07) is 3.52. The lowest BCUT2D eigenvalue weighted by molar-refractivity contribution is 0.0973. The molecule has 0 heterocycles. The first-order valence-corrected chi connectivity index (χ1v) is 4.84. The Morgan fingerprint density at radius 1 is 1.33 bits per heavy atom. The third-order valence-electron chi connectivity index (χ3n) is 2.67. The van der Waals surface area contributed by atoms with Crippen LogP contribution in [0.25, 0.3) is 0 Å². The Balaban J connectivity index is 2.66. The van der Waals surface area contributed by atoms with Crippen LogP contribution in [0, 0.1) is 4.91 Å². The molecule has 1 aliphatic carbocycles. The Morgan fingerprint density at radius 2 is 2.13 bits per heavy atom. The van der Waals surface area contributed by atoms with E-state index in [9.17, 15) is 9.70 Å². The highest BCUT2D eigenvalue weighted by Gasteiger charge is 2.24. The first kappa shape index (κ1) is 9.83. The fourth-order valence-electron chi connectivity index (χ4n) is 1.95. The molecule has 0 N–H and O–H groups in total. The van der Waals surface area contributed by atoms with E-state index in [1.54, 1.807) is 6.07 Å². The molecule has 0 aliphatic heterocycles. The van der Waals surface area contributed by atoms with Crippen LogP contribution >= 0.6 is 0 Å². The Morgan fingerprint density at radius 3 is 2.80 bits per heavy atom. The standard InChI is InChI=1S/C11H11NO3/c1-15-9-6-5-7-3-2-4-8(13)10(7)11(9)12-14/h5-6H,2-4H2,1H3. The van der Waals surface area contributed by atoms with Gasteiger partial charge in [-0.3, -0.25) is 4.79 Å². The quantitative estimate of drug-likeness (QED) is 0.697. The molecule has 4 heteroatoms. The summed E-state index contributed by atoms with van der Waals surface area (Å²) in [5.41, 5.74) is 1.51. The Kier molecular flexibility index (Phi) is 2.49. The van der Waals surface area contributed by atoms with Gasteiger partial charge in [-0.1, -0.05) is 6.07 Å². The number of ether oxygens (including phenoxy) is 1. The van der Waals surface area contributed by atoms with Gasteiger partial charge in [0.1, 0.15) is 5.75 Å². The molecule has 0 saturated carbocycles. The molecule has 0 bridgehead atoms. The molecule has 0 spiro atoms. The minimum atomic E-state index is -0.00949. The molecule has 15 heavy (non-hydrogen) atoms. The number of rotatable bonds is 2. The zero-order chi connectivity index (χ0) is 10.8. The van der Waals surface area contributed by atoms with Crippen LogP contribution in [-0.4, -0.2) is 12.9 Å². The predicted molar refractivity (Wildman–Crippen MR) is 55.7 cm³/mol. The lowest BCUT2D eigenvalue weighted by atomic mass is 9.89. The van der Waals surface area contributed by atoms with Gasteiger partial charge in [-0.15, -0.1) is 4.91 Å². The number of methoxy groups -OCH3 is 1. The molecule has 2 rings (SSSR count). The topological polar surface area (TPSA) is 55.7 Å². The molecule has 0 fully saturated rings. The first-order chi connectivity index (χ1) is 7.27. The number of nitrogens with zero attached hydrogens (tertiary/aromatic N) is 1. The summed E-state index contributed by atoms with van der Waals surface area (Å²) in [5.74, 6) is 0.365. The summed E-state index contributed by atoms with van der Waals surface area (Å²) in [5, 5.41) is 2.91. The highest BCUT2D eigenvalue weighted by Crippen LogP contribution is 2.37. The van der Waals surface area contributed by atoms with Crippen molar-refractivity contribution in [1.29, 1.82) is 0 Å². The van der Waals surface area contributed by atoms with E-state index in [-0.39, 0.29) is 11.5 Å². The molecule has 0 aromatic heterocycles. The molecule has 0 saturated heterocycles. The van der Waals surface area contributed by atoms with E-state index in [0.29, 0.717) is 17.7 Å². The maximum absolute atomic E-state index is 11.7. The third-order valence-corrected chi connectivity index (χ3v) is 2.67. The normalized spacial score (nSPS) is 14.6. The van der Waals surface area contributed by atoms with Gasteiger partial charge in [0.05, 0.1) is 12.7 Å². The van der Waals surface area contributed by atoms with Crippen LogP contribution in [0.4, 0.5) is 5.69 Å². The van der Waals surface area contributed by atoms with E-state index in [4.69, 9.17) is 4.74 Å². The van der Waals surface area contributed by atoms with E-state index >= 15 is 0 Å². The smallest absolute Gasteiger partial charge is 0.165 e. The second-order valence-electron chi connectivity index (χ2n) is 3.52. The van der Waals surface area contributed by atoms with Crippen molar-refractivity contribution >= 4 is 11.5 Å². The maximum atomic E-state index is 11.7. The molecule has 0 radical (unpaired) electrons. The highest BCUT2D eigenvalue weighted by molar-refractivity contribution is 6.04. The minimum Gasteiger partial charge on any atom is -0.494 e. The van der Waals surface area contributed by atoms with Crippen molar-refractivity contribution in [1.82, 2.24) is 0 Å². The third kappa shape index (κ3) is 1.52. The van der Waals surface area contributed by atoms with E-state index in [1.165, 1.54) is 7.11 Å². The second kappa shape index (κ2) is 3.81. The van der Waals surface area contributed by atoms with Crippen LogP contribution in [0.1, 0.15) is 28.8 Å². The van der Waals surface area contributed by atoms with Crippen molar-refractivity contribution in [3.05, 3.63) is 28.2 Å². The minimum absolute atomic E-state index is 0.00949. The fourth-order valence-corrected chi connectivity index (χ4v) is 1.95. The van der Waals surface area contributed by atoms with Crippen LogP contribution in [-0.2, 0) is 6.42 Å². The van der Waals surface area contributed by atoms with Gasteiger partial charge in [-0.25, -0.2) is 0 Å². The SMILES string of the molecule is COc1ccc2c(c1N=O)C(=O)CCC2. The first-order valence-electron chi connectivity index (χ1n) is 4.84. The van der Waals surface area contributed by atoms with E-state index < -0.39 is 0 Å². The fraction of sp³-hybridized carbons (Fsp3) is 0.364. The van der Waals surface area contributed by atoms with Gasteiger partial charge < -0.3 is 4.74 Å². The molecule has 1 aliphatic rings. The summed E-state index contributed by atoms with van der Waals surface area (Å²) in [6.45, 7) is 0. The molecule has 78 valence electrons. The molecular formula is C11H11NO3. The van der Waals surface area contributed by atoms with Crippen molar-refractivity contribution in [2.75, 3.05) is 7.11 Å². The summed E-state index contributed by atoms with van der Waals surface area (Å²) < 4.78 is 5.00. The van der Waals surface area contributed by atoms with Gasteiger partial charge in [-0.2, -0.15) is 0 Å². The number of ketones is 1. The second-order valence-corrected chi connectivity index (χ2v) is 3.52. The van der Waals surface area contributed by atoms with Crippen LogP contribution in [0.3, 0.4) is 0 Å². The average molecular weight is 205 g/mol. The van der Waals surface area contributed by atoms with Gasteiger partial charge in [0, 0.05) is 6.42 Å². The maximum Gasteiger partial charge on any atom is 0.165 e. The van der Waals surface area contributed by atoms with Gasteiger partial charge in [0.15, 0.2) is 11.5 Å². The lowest BCUT2D eigenvalue weighted by Crippen LogP contribution is -2.11. The van der Waals surface area contributed by atoms with Crippen LogP contribution in [0.5, 0.6) is 5.75 Å². The van der Waals surface area contributed by atoms with Gasteiger partial charge in [-0.05, 0) is 29.6 Å². The monoisotopic (exact) mass is 205 g/mol. The summed E-state index contributed by atoms with van der Waals surface area (Å²) in [7, 11) is 1.46. The number of carbonyl (C=O) groups is 1. The van der Waals surface area contributed by atoms with Crippen molar-refractivity contribution in [3.63, 3.8) is 0 Å². The van der Waals surface area contributed by atoms with Crippen molar-refractivity contribution in [2.24, 2.45) is 5.18 Å². The summed E-state index contributed by atoms with van der Waals surface area (Å²) >= 11 is 0. The number of fused-ring (bicyclic) bond motifs is 1. The molecule has 0 amide bonds. The van der Waals surface area contributed by atoms with E-state index in [2.05, 4.69) is 5.18 Å². The van der Waals surface area contributed by atoms with E-state index in [1.807, 2.05) is 6.07 Å². The molecule has 0 unspecified atom stereocenters.